The lowest BCUT2D eigenvalue weighted by molar-refractivity contribution is -0.384. The number of nitrogens with zero attached hydrogens (tertiary/aromatic N) is 1. The van der Waals surface area contributed by atoms with Gasteiger partial charge in [0.25, 0.3) is 5.69 Å². The Kier molecular flexibility index (Phi) is 7.51. The highest BCUT2D eigenvalue weighted by Crippen LogP contribution is 2.19. The molecule has 0 aromatic heterocycles. The molecule has 0 spiro atoms. The van der Waals surface area contributed by atoms with Crippen molar-refractivity contribution >= 4 is 11.7 Å². The number of unbranched alkanes of at least 4 members (excludes halogenated alkanes) is 3. The highest BCUT2D eigenvalue weighted by atomic mass is 16.6. The molecule has 23 heavy (non-hydrogen) atoms. The van der Waals surface area contributed by atoms with E-state index in [0.717, 1.165) is 25.7 Å². The first-order valence-electron chi connectivity index (χ1n) is 7.87. The van der Waals surface area contributed by atoms with Gasteiger partial charge < -0.3 is 9.47 Å². The third kappa shape index (κ3) is 8.80. The SMILES string of the molecule is CC(C)(C)OC(=O)CCCCCCOc1cccc([N+](=O)[O-])c1. The number of hydrogen-bond donors (Lipinski definition) is 0. The number of carbonyl (C=O) groups is 1. The van der Waals surface area contributed by atoms with Crippen molar-refractivity contribution in [2.45, 2.75) is 58.5 Å². The summed E-state index contributed by atoms with van der Waals surface area (Å²) >= 11 is 0. The van der Waals surface area contributed by atoms with Crippen molar-refractivity contribution < 1.29 is 19.2 Å². The van der Waals surface area contributed by atoms with Crippen LogP contribution in [0.2, 0.25) is 0 Å². The molecule has 0 amide bonds. The average molecular weight is 323 g/mol. The summed E-state index contributed by atoms with van der Waals surface area (Å²) in [7, 11) is 0. The molecule has 6 nitrogen and oxygen atoms in total. The molecule has 0 saturated carbocycles. The second kappa shape index (κ2) is 9.12. The predicted octanol–water partition coefficient (Wildman–Crippen LogP) is 4.27. The smallest absolute Gasteiger partial charge is 0.306 e. The highest BCUT2D eigenvalue weighted by Gasteiger charge is 2.15. The molecular formula is C17H25NO5. The van der Waals surface area contributed by atoms with Crippen LogP contribution in [0.3, 0.4) is 0 Å². The zero-order valence-electron chi connectivity index (χ0n) is 14.0. The molecule has 0 unspecified atom stereocenters. The molecular weight excluding hydrogens is 298 g/mol. The van der Waals surface area contributed by atoms with Gasteiger partial charge in [0.2, 0.25) is 0 Å². The lowest BCUT2D eigenvalue weighted by Gasteiger charge is -2.19. The van der Waals surface area contributed by atoms with E-state index in [0.29, 0.717) is 18.8 Å². The molecule has 0 heterocycles. The largest absolute Gasteiger partial charge is 0.493 e. The van der Waals surface area contributed by atoms with E-state index in [-0.39, 0.29) is 11.7 Å². The Hall–Kier alpha value is -2.11. The Labute approximate surface area is 136 Å². The fourth-order valence-electron chi connectivity index (χ4n) is 1.99. The summed E-state index contributed by atoms with van der Waals surface area (Å²) in [5, 5.41) is 10.7. The van der Waals surface area contributed by atoms with Gasteiger partial charge in [0.15, 0.2) is 0 Å². The van der Waals surface area contributed by atoms with Gasteiger partial charge in [-0.3, -0.25) is 14.9 Å². The second-order valence-corrected chi connectivity index (χ2v) is 6.35. The van der Waals surface area contributed by atoms with Crippen LogP contribution in [0.1, 0.15) is 52.9 Å². The number of nitro benzene ring substituents is 1. The molecule has 6 heteroatoms. The summed E-state index contributed by atoms with van der Waals surface area (Å²) in [5.74, 6) is 0.346. The van der Waals surface area contributed by atoms with Crippen molar-refractivity contribution in [3.8, 4) is 5.75 Å². The second-order valence-electron chi connectivity index (χ2n) is 6.35. The number of non-ortho nitro benzene ring substituents is 1. The van der Waals surface area contributed by atoms with Crippen LogP contribution in [0.25, 0.3) is 0 Å². The maximum atomic E-state index is 11.5. The molecule has 0 atom stereocenters. The van der Waals surface area contributed by atoms with Gasteiger partial charge in [0, 0.05) is 12.5 Å². The first kappa shape index (κ1) is 18.9. The molecule has 1 rings (SSSR count). The van der Waals surface area contributed by atoms with Gasteiger partial charge in [-0.2, -0.15) is 0 Å². The molecule has 0 bridgehead atoms. The van der Waals surface area contributed by atoms with Crippen LogP contribution in [0, 0.1) is 10.1 Å². The van der Waals surface area contributed by atoms with E-state index in [2.05, 4.69) is 0 Å². The highest BCUT2D eigenvalue weighted by molar-refractivity contribution is 5.69. The number of ether oxygens (including phenoxy) is 2. The third-order valence-electron chi connectivity index (χ3n) is 2.99. The number of hydrogen-bond acceptors (Lipinski definition) is 5. The number of esters is 1. The standard InChI is InChI=1S/C17H25NO5/c1-17(2,3)23-16(19)11-6-4-5-7-12-22-15-10-8-9-14(13-15)18(20)21/h8-10,13H,4-7,11-12H2,1-3H3. The number of nitro groups is 1. The van der Waals surface area contributed by atoms with E-state index in [1.165, 1.54) is 12.1 Å². The zero-order valence-corrected chi connectivity index (χ0v) is 14.0. The molecule has 0 N–H and O–H groups in total. The summed E-state index contributed by atoms with van der Waals surface area (Å²) in [4.78, 5) is 21.7. The molecule has 1 aromatic rings. The van der Waals surface area contributed by atoms with Gasteiger partial charge in [-0.15, -0.1) is 0 Å². The Balaban J connectivity index is 2.11. The Bertz CT molecular complexity index is 522. The van der Waals surface area contributed by atoms with Gasteiger partial charge in [0.05, 0.1) is 17.6 Å². The topological polar surface area (TPSA) is 78.7 Å². The monoisotopic (exact) mass is 323 g/mol. The molecule has 0 fully saturated rings. The van der Waals surface area contributed by atoms with E-state index in [1.54, 1.807) is 12.1 Å². The third-order valence-corrected chi connectivity index (χ3v) is 2.99. The van der Waals surface area contributed by atoms with Crippen LogP contribution in [-0.2, 0) is 9.53 Å². The van der Waals surface area contributed by atoms with Crippen molar-refractivity contribution in [1.29, 1.82) is 0 Å². The van der Waals surface area contributed by atoms with Crippen molar-refractivity contribution in [1.82, 2.24) is 0 Å². The van der Waals surface area contributed by atoms with Gasteiger partial charge in [-0.05, 0) is 39.7 Å². The Morgan fingerprint density at radius 3 is 2.52 bits per heavy atom. The molecule has 0 radical (unpaired) electrons. The zero-order chi connectivity index (χ0) is 17.3. The van der Waals surface area contributed by atoms with Gasteiger partial charge in [-0.1, -0.05) is 18.9 Å². The van der Waals surface area contributed by atoms with Crippen LogP contribution in [-0.4, -0.2) is 23.1 Å². The number of benzene rings is 1. The van der Waals surface area contributed by atoms with Crippen molar-refractivity contribution in [3.05, 3.63) is 34.4 Å². The number of rotatable bonds is 9. The molecule has 1 aromatic carbocycles. The molecule has 0 saturated heterocycles. The van der Waals surface area contributed by atoms with E-state index in [4.69, 9.17) is 9.47 Å². The molecule has 0 aliphatic carbocycles. The van der Waals surface area contributed by atoms with Crippen molar-refractivity contribution in [3.63, 3.8) is 0 Å². The molecule has 0 aliphatic rings. The van der Waals surface area contributed by atoms with Crippen LogP contribution < -0.4 is 4.74 Å². The fourth-order valence-corrected chi connectivity index (χ4v) is 1.99. The van der Waals surface area contributed by atoms with Gasteiger partial charge in [0.1, 0.15) is 11.4 Å². The van der Waals surface area contributed by atoms with Crippen LogP contribution in [0.15, 0.2) is 24.3 Å². The maximum Gasteiger partial charge on any atom is 0.306 e. The van der Waals surface area contributed by atoms with Crippen LogP contribution >= 0.6 is 0 Å². The summed E-state index contributed by atoms with van der Waals surface area (Å²) < 4.78 is 10.7. The summed E-state index contributed by atoms with van der Waals surface area (Å²) in [6.07, 6.45) is 3.95. The first-order valence-corrected chi connectivity index (χ1v) is 7.87. The lowest BCUT2D eigenvalue weighted by Crippen LogP contribution is -2.23. The quantitative estimate of drug-likeness (QED) is 0.293. The average Bonchev–Trinajstić information content (AvgIpc) is 2.44. The van der Waals surface area contributed by atoms with Crippen molar-refractivity contribution in [2.75, 3.05) is 6.61 Å². The normalized spacial score (nSPS) is 11.1. The summed E-state index contributed by atoms with van der Waals surface area (Å²) in [5.41, 5.74) is -0.400. The van der Waals surface area contributed by atoms with E-state index in [9.17, 15) is 14.9 Å². The lowest BCUT2D eigenvalue weighted by atomic mass is 10.1. The Morgan fingerprint density at radius 2 is 1.87 bits per heavy atom. The maximum absolute atomic E-state index is 11.5. The minimum atomic E-state index is -0.441. The van der Waals surface area contributed by atoms with Crippen LogP contribution in [0.4, 0.5) is 5.69 Å². The minimum Gasteiger partial charge on any atom is -0.493 e. The Morgan fingerprint density at radius 1 is 1.17 bits per heavy atom. The van der Waals surface area contributed by atoms with E-state index < -0.39 is 10.5 Å². The minimum absolute atomic E-state index is 0.0276. The van der Waals surface area contributed by atoms with E-state index >= 15 is 0 Å². The molecule has 128 valence electrons. The summed E-state index contributed by atoms with van der Waals surface area (Å²) in [6.45, 7) is 6.08. The first-order chi connectivity index (χ1) is 10.8. The van der Waals surface area contributed by atoms with Crippen LogP contribution in [0.5, 0.6) is 5.75 Å². The van der Waals surface area contributed by atoms with E-state index in [1.807, 2.05) is 20.8 Å². The number of carbonyl (C=O) groups excluding carboxylic acids is 1. The van der Waals surface area contributed by atoms with Gasteiger partial charge in [-0.25, -0.2) is 0 Å². The summed E-state index contributed by atoms with van der Waals surface area (Å²) in [6, 6.07) is 6.16. The predicted molar refractivity (Wildman–Crippen MR) is 87.5 cm³/mol. The molecule has 0 aliphatic heterocycles. The fraction of sp³-hybridized carbons (Fsp3) is 0.588. The van der Waals surface area contributed by atoms with Crippen molar-refractivity contribution in [2.24, 2.45) is 0 Å². The van der Waals surface area contributed by atoms with Gasteiger partial charge >= 0.3 is 5.97 Å².